The Morgan fingerprint density at radius 2 is 2.00 bits per heavy atom. The van der Waals surface area contributed by atoms with Gasteiger partial charge in [-0.05, 0) is 38.6 Å². The summed E-state index contributed by atoms with van der Waals surface area (Å²) in [6.07, 6.45) is 8.38. The minimum atomic E-state index is 0.316. The first-order chi connectivity index (χ1) is 7.84. The van der Waals surface area contributed by atoms with Gasteiger partial charge in [0.15, 0.2) is 0 Å². The summed E-state index contributed by atoms with van der Waals surface area (Å²) in [5, 5.41) is 3.29. The highest BCUT2D eigenvalue weighted by molar-refractivity contribution is 5.76. The van der Waals surface area contributed by atoms with Crippen molar-refractivity contribution in [1.82, 2.24) is 10.2 Å². The van der Waals surface area contributed by atoms with Gasteiger partial charge in [-0.3, -0.25) is 4.79 Å². The molecule has 0 spiro atoms. The predicted molar refractivity (Wildman–Crippen MR) is 67.3 cm³/mol. The lowest BCUT2D eigenvalue weighted by atomic mass is 10.1. The van der Waals surface area contributed by atoms with E-state index in [4.69, 9.17) is 0 Å². The zero-order valence-corrected chi connectivity index (χ0v) is 10.2. The van der Waals surface area contributed by atoms with Crippen molar-refractivity contribution in [3.05, 3.63) is 12.7 Å². The quantitative estimate of drug-likeness (QED) is 0.529. The Morgan fingerprint density at radius 3 is 2.69 bits per heavy atom. The van der Waals surface area contributed by atoms with E-state index in [1.165, 1.54) is 19.3 Å². The molecule has 0 aromatic heterocycles. The predicted octanol–water partition coefficient (Wildman–Crippen LogP) is 1.94. The first-order valence-electron chi connectivity index (χ1n) is 6.44. The smallest absolute Gasteiger partial charge is 0.223 e. The molecular weight excluding hydrogens is 200 g/mol. The summed E-state index contributed by atoms with van der Waals surface area (Å²) in [6, 6.07) is 0. The first-order valence-corrected chi connectivity index (χ1v) is 6.44. The van der Waals surface area contributed by atoms with Crippen LogP contribution in [-0.2, 0) is 4.79 Å². The number of unbranched alkanes of at least 4 members (excludes halogenated alkanes) is 1. The molecule has 0 aromatic carbocycles. The lowest BCUT2D eigenvalue weighted by molar-refractivity contribution is -0.131. The van der Waals surface area contributed by atoms with Crippen molar-refractivity contribution in [1.29, 1.82) is 0 Å². The number of hydrogen-bond acceptors (Lipinski definition) is 2. The van der Waals surface area contributed by atoms with Crippen LogP contribution in [0.4, 0.5) is 0 Å². The van der Waals surface area contributed by atoms with E-state index in [1.807, 2.05) is 11.0 Å². The van der Waals surface area contributed by atoms with E-state index < -0.39 is 0 Å². The summed E-state index contributed by atoms with van der Waals surface area (Å²) >= 11 is 0. The second kappa shape index (κ2) is 8.34. The molecule has 0 aliphatic carbocycles. The van der Waals surface area contributed by atoms with Crippen molar-refractivity contribution in [3.8, 4) is 0 Å². The van der Waals surface area contributed by atoms with Crippen LogP contribution >= 0.6 is 0 Å². The number of amides is 1. The van der Waals surface area contributed by atoms with Crippen LogP contribution in [0.3, 0.4) is 0 Å². The van der Waals surface area contributed by atoms with Crippen LogP contribution in [-0.4, -0.2) is 37.0 Å². The molecule has 1 aliphatic heterocycles. The van der Waals surface area contributed by atoms with Crippen molar-refractivity contribution in [2.75, 3.05) is 26.2 Å². The number of nitrogens with one attached hydrogen (secondary N) is 1. The zero-order valence-electron chi connectivity index (χ0n) is 10.2. The average Bonchev–Trinajstić information content (AvgIpc) is 2.34. The molecule has 0 aromatic rings. The number of allylic oxidation sites excluding steroid dienone is 1. The Kier molecular flexibility index (Phi) is 6.90. The van der Waals surface area contributed by atoms with Crippen molar-refractivity contribution in [2.45, 2.75) is 38.5 Å². The van der Waals surface area contributed by atoms with E-state index in [2.05, 4.69) is 11.9 Å². The molecule has 1 amide bonds. The Hall–Kier alpha value is -0.830. The van der Waals surface area contributed by atoms with Crippen LogP contribution in [0.5, 0.6) is 0 Å². The van der Waals surface area contributed by atoms with Gasteiger partial charge in [-0.25, -0.2) is 0 Å². The number of likely N-dealkylation sites (tertiary alicyclic amines) is 1. The van der Waals surface area contributed by atoms with E-state index in [1.54, 1.807) is 0 Å². The van der Waals surface area contributed by atoms with Crippen molar-refractivity contribution in [2.24, 2.45) is 0 Å². The van der Waals surface area contributed by atoms with Gasteiger partial charge in [0.25, 0.3) is 0 Å². The normalized spacial score (nSPS) is 16.1. The minimum Gasteiger partial charge on any atom is -0.343 e. The molecular formula is C13H24N2O. The first kappa shape index (κ1) is 13.2. The Morgan fingerprint density at radius 1 is 1.25 bits per heavy atom. The highest BCUT2D eigenvalue weighted by Crippen LogP contribution is 2.09. The molecule has 3 nitrogen and oxygen atoms in total. The monoisotopic (exact) mass is 224 g/mol. The van der Waals surface area contributed by atoms with Gasteiger partial charge in [0, 0.05) is 26.1 Å². The Balaban J connectivity index is 1.99. The number of hydrogen-bond donors (Lipinski definition) is 1. The summed E-state index contributed by atoms with van der Waals surface area (Å²) in [6.45, 7) is 7.41. The summed E-state index contributed by atoms with van der Waals surface area (Å²) < 4.78 is 0. The number of nitrogens with zero attached hydrogens (tertiary/aromatic N) is 1. The molecule has 0 radical (unpaired) electrons. The highest BCUT2D eigenvalue weighted by atomic mass is 16.2. The largest absolute Gasteiger partial charge is 0.343 e. The lowest BCUT2D eigenvalue weighted by Crippen LogP contribution is -2.37. The van der Waals surface area contributed by atoms with Crippen LogP contribution in [0, 0.1) is 0 Å². The molecule has 1 aliphatic rings. The second-order valence-electron chi connectivity index (χ2n) is 4.37. The van der Waals surface area contributed by atoms with Crippen LogP contribution in [0.1, 0.15) is 38.5 Å². The summed E-state index contributed by atoms with van der Waals surface area (Å²) in [4.78, 5) is 13.8. The zero-order chi connectivity index (χ0) is 11.6. The lowest BCUT2D eigenvalue weighted by Gasteiger charge is -2.26. The molecule has 0 bridgehead atoms. The molecule has 16 heavy (non-hydrogen) atoms. The van der Waals surface area contributed by atoms with Gasteiger partial charge >= 0.3 is 0 Å². The van der Waals surface area contributed by atoms with Gasteiger partial charge in [-0.15, -0.1) is 6.58 Å². The third-order valence-electron chi connectivity index (χ3n) is 2.99. The molecule has 3 heteroatoms. The van der Waals surface area contributed by atoms with Crippen LogP contribution < -0.4 is 5.32 Å². The van der Waals surface area contributed by atoms with Crippen molar-refractivity contribution >= 4 is 5.91 Å². The SMILES string of the molecule is C=CCCCNCCC(=O)N1CCCCC1. The molecule has 1 N–H and O–H groups in total. The van der Waals surface area contributed by atoms with E-state index in [-0.39, 0.29) is 0 Å². The summed E-state index contributed by atoms with van der Waals surface area (Å²) in [5.74, 6) is 0.316. The Bertz CT molecular complexity index is 210. The maximum Gasteiger partial charge on any atom is 0.223 e. The second-order valence-corrected chi connectivity index (χ2v) is 4.37. The molecule has 92 valence electrons. The fraction of sp³-hybridized carbons (Fsp3) is 0.769. The van der Waals surface area contributed by atoms with Crippen molar-refractivity contribution < 1.29 is 4.79 Å². The molecule has 1 rings (SSSR count). The van der Waals surface area contributed by atoms with Gasteiger partial charge in [0.05, 0.1) is 0 Å². The Labute approximate surface area is 98.9 Å². The summed E-state index contributed by atoms with van der Waals surface area (Å²) in [5.41, 5.74) is 0. The van der Waals surface area contributed by atoms with E-state index >= 15 is 0 Å². The van der Waals surface area contributed by atoms with E-state index in [0.29, 0.717) is 12.3 Å². The fourth-order valence-corrected chi connectivity index (χ4v) is 1.99. The third kappa shape index (κ3) is 5.31. The van der Waals surface area contributed by atoms with Gasteiger partial charge in [0.2, 0.25) is 5.91 Å². The van der Waals surface area contributed by atoms with Gasteiger partial charge < -0.3 is 10.2 Å². The molecule has 1 fully saturated rings. The van der Waals surface area contributed by atoms with Crippen molar-refractivity contribution in [3.63, 3.8) is 0 Å². The molecule has 0 unspecified atom stereocenters. The van der Waals surface area contributed by atoms with Crippen LogP contribution in [0.2, 0.25) is 0 Å². The number of rotatable bonds is 7. The van der Waals surface area contributed by atoms with Gasteiger partial charge in [0.1, 0.15) is 0 Å². The molecule has 1 saturated heterocycles. The highest BCUT2D eigenvalue weighted by Gasteiger charge is 2.15. The summed E-state index contributed by atoms with van der Waals surface area (Å²) in [7, 11) is 0. The average molecular weight is 224 g/mol. The molecule has 0 atom stereocenters. The number of carbonyl (C=O) groups is 1. The maximum absolute atomic E-state index is 11.8. The standard InChI is InChI=1S/C13H24N2O/c1-2-3-5-9-14-10-8-13(16)15-11-6-4-7-12-15/h2,14H,1,3-12H2. The number of piperidine rings is 1. The number of carbonyl (C=O) groups excluding carboxylic acids is 1. The minimum absolute atomic E-state index is 0.316. The van der Waals surface area contributed by atoms with E-state index in [9.17, 15) is 4.79 Å². The van der Waals surface area contributed by atoms with Gasteiger partial charge in [-0.1, -0.05) is 6.08 Å². The van der Waals surface area contributed by atoms with E-state index in [0.717, 1.165) is 39.0 Å². The third-order valence-corrected chi connectivity index (χ3v) is 2.99. The van der Waals surface area contributed by atoms with Crippen LogP contribution in [0.25, 0.3) is 0 Å². The topological polar surface area (TPSA) is 32.3 Å². The van der Waals surface area contributed by atoms with Crippen LogP contribution in [0.15, 0.2) is 12.7 Å². The molecule has 0 saturated carbocycles. The maximum atomic E-state index is 11.8. The molecule has 1 heterocycles. The van der Waals surface area contributed by atoms with Gasteiger partial charge in [-0.2, -0.15) is 0 Å². The fourth-order valence-electron chi connectivity index (χ4n) is 1.99.